The molecule has 1 atom stereocenters. The second-order valence-electron chi connectivity index (χ2n) is 9.25. The summed E-state index contributed by atoms with van der Waals surface area (Å²) in [5, 5.41) is 18.7. The Kier molecular flexibility index (Phi) is 7.09. The molecule has 3 heterocycles. The van der Waals surface area contributed by atoms with Gasteiger partial charge < -0.3 is 33.6 Å². The summed E-state index contributed by atoms with van der Waals surface area (Å²) in [4.78, 5) is 14.8. The van der Waals surface area contributed by atoms with Gasteiger partial charge in [0, 0.05) is 23.1 Å². The molecule has 0 aliphatic carbocycles. The highest BCUT2D eigenvalue weighted by atomic mass is 16.6. The van der Waals surface area contributed by atoms with Crippen LogP contribution in [0.2, 0.25) is 0 Å². The van der Waals surface area contributed by atoms with E-state index in [9.17, 15) is 5.11 Å². The van der Waals surface area contributed by atoms with E-state index in [4.69, 9.17) is 33.5 Å². The Balaban J connectivity index is 1.34. The Hall–Kier alpha value is -5.52. The normalized spacial score (nSPS) is 13.8. The molecule has 12 nitrogen and oxygen atoms in total. The zero-order chi connectivity index (χ0) is 29.2. The summed E-state index contributed by atoms with van der Waals surface area (Å²) in [7, 11) is 6.32. The molecule has 0 fully saturated rings. The summed E-state index contributed by atoms with van der Waals surface area (Å²) >= 11 is 0. The Morgan fingerprint density at radius 3 is 2.40 bits per heavy atom. The molecule has 0 spiro atoms. The van der Waals surface area contributed by atoms with Crippen molar-refractivity contribution in [2.24, 2.45) is 5.16 Å². The molecule has 2 aromatic heterocycles. The van der Waals surface area contributed by atoms with E-state index in [1.165, 1.54) is 6.33 Å². The number of nitrogens with zero attached hydrogens (tertiary/aromatic N) is 5. The average Bonchev–Trinajstić information content (AvgIpc) is 3.44. The van der Waals surface area contributed by atoms with Gasteiger partial charge in [-0.05, 0) is 42.0 Å². The number of aromatic hydroxyl groups is 1. The lowest BCUT2D eigenvalue weighted by Gasteiger charge is -2.28. The van der Waals surface area contributed by atoms with Crippen LogP contribution in [0.1, 0.15) is 34.0 Å². The lowest BCUT2D eigenvalue weighted by Crippen LogP contribution is -2.15. The minimum absolute atomic E-state index is 0.0204. The van der Waals surface area contributed by atoms with E-state index in [0.29, 0.717) is 51.7 Å². The zero-order valence-corrected chi connectivity index (χ0v) is 23.3. The Bertz CT molecular complexity index is 1800. The third kappa shape index (κ3) is 4.83. The van der Waals surface area contributed by atoms with Crippen molar-refractivity contribution in [1.29, 1.82) is 0 Å². The van der Waals surface area contributed by atoms with Gasteiger partial charge in [-0.1, -0.05) is 17.3 Å². The van der Waals surface area contributed by atoms with Crippen LogP contribution in [0.15, 0.2) is 66.1 Å². The predicted octanol–water partition coefficient (Wildman–Crippen LogP) is 4.70. The standard InChI is InChI=1S/C30H27N5O7/c1-37-21-9-5-17(11-24(21)39-3)14-32-41-15-26-33-29-28-27(18-6-10-22(38-2)25(12-18)40-4)20-8-7-19(36)13-23(20)42-30(28)31-16-35(29)34-26/h5-14,16,27,36H,15H2,1-4H3/b32-14-/t27-/m1/s1. The molecule has 1 N–H and O–H groups in total. The lowest BCUT2D eigenvalue weighted by atomic mass is 9.83. The van der Waals surface area contributed by atoms with E-state index >= 15 is 0 Å². The van der Waals surface area contributed by atoms with Crippen LogP contribution in [-0.4, -0.2) is 59.3 Å². The first-order valence-electron chi connectivity index (χ1n) is 12.9. The molecule has 0 bridgehead atoms. The second-order valence-corrected chi connectivity index (χ2v) is 9.25. The maximum atomic E-state index is 10.1. The molecule has 0 saturated carbocycles. The predicted molar refractivity (Wildman–Crippen MR) is 151 cm³/mol. The number of ether oxygens (including phenoxy) is 5. The first-order valence-corrected chi connectivity index (χ1v) is 12.9. The zero-order valence-electron chi connectivity index (χ0n) is 23.3. The molecule has 1 aliphatic heterocycles. The van der Waals surface area contributed by atoms with Crippen LogP contribution in [0, 0.1) is 0 Å². The lowest BCUT2D eigenvalue weighted by molar-refractivity contribution is 0.126. The second kappa shape index (κ2) is 11.2. The van der Waals surface area contributed by atoms with E-state index in [1.54, 1.807) is 63.4 Å². The van der Waals surface area contributed by atoms with Gasteiger partial charge in [-0.25, -0.2) is 14.5 Å². The van der Waals surface area contributed by atoms with E-state index in [2.05, 4.69) is 15.2 Å². The van der Waals surface area contributed by atoms with Crippen molar-refractivity contribution in [2.45, 2.75) is 12.5 Å². The number of phenols is 1. The average molecular weight is 570 g/mol. The van der Waals surface area contributed by atoms with Gasteiger partial charge in [0.15, 0.2) is 41.1 Å². The van der Waals surface area contributed by atoms with Gasteiger partial charge in [0.05, 0.1) is 40.2 Å². The fraction of sp³-hybridized carbons (Fsp3) is 0.200. The van der Waals surface area contributed by atoms with Crippen molar-refractivity contribution in [2.75, 3.05) is 28.4 Å². The highest BCUT2D eigenvalue weighted by Crippen LogP contribution is 2.49. The molecule has 0 saturated heterocycles. The van der Waals surface area contributed by atoms with Crippen LogP contribution in [0.25, 0.3) is 5.65 Å². The van der Waals surface area contributed by atoms with Gasteiger partial charge in [0.1, 0.15) is 17.8 Å². The van der Waals surface area contributed by atoms with Crippen molar-refractivity contribution in [3.63, 3.8) is 0 Å². The Morgan fingerprint density at radius 1 is 0.905 bits per heavy atom. The smallest absolute Gasteiger partial charge is 0.228 e. The van der Waals surface area contributed by atoms with Gasteiger partial charge >= 0.3 is 0 Å². The van der Waals surface area contributed by atoms with Crippen LogP contribution < -0.4 is 23.7 Å². The van der Waals surface area contributed by atoms with Crippen LogP contribution in [0.5, 0.6) is 40.4 Å². The number of hydrogen-bond acceptors (Lipinski definition) is 11. The van der Waals surface area contributed by atoms with Crippen molar-refractivity contribution >= 4 is 11.9 Å². The molecule has 0 amide bonds. The molecular formula is C30H27N5O7. The van der Waals surface area contributed by atoms with Crippen LogP contribution in [0.3, 0.4) is 0 Å². The molecular weight excluding hydrogens is 542 g/mol. The van der Waals surface area contributed by atoms with Gasteiger partial charge in [0.25, 0.3) is 0 Å². The maximum absolute atomic E-state index is 10.1. The number of rotatable bonds is 9. The highest BCUT2D eigenvalue weighted by Gasteiger charge is 2.34. The van der Waals surface area contributed by atoms with E-state index in [1.807, 2.05) is 30.3 Å². The molecule has 214 valence electrons. The van der Waals surface area contributed by atoms with Crippen LogP contribution >= 0.6 is 0 Å². The fourth-order valence-corrected chi connectivity index (χ4v) is 4.91. The van der Waals surface area contributed by atoms with Gasteiger partial charge in [0.2, 0.25) is 5.88 Å². The van der Waals surface area contributed by atoms with Crippen LogP contribution in [-0.2, 0) is 11.4 Å². The number of hydrogen-bond donors (Lipinski definition) is 1. The van der Waals surface area contributed by atoms with Crippen molar-refractivity contribution < 1.29 is 33.6 Å². The number of benzene rings is 3. The molecule has 1 aliphatic rings. The van der Waals surface area contributed by atoms with Crippen LogP contribution in [0.4, 0.5) is 0 Å². The largest absolute Gasteiger partial charge is 0.508 e. The number of fused-ring (bicyclic) bond motifs is 4. The number of oxime groups is 1. The molecule has 3 aromatic carbocycles. The summed E-state index contributed by atoms with van der Waals surface area (Å²) in [6.45, 7) is 0.0204. The fourth-order valence-electron chi connectivity index (χ4n) is 4.91. The summed E-state index contributed by atoms with van der Waals surface area (Å²) in [6, 6.07) is 16.1. The number of phenolic OH excluding ortho intramolecular Hbond substituents is 1. The first-order chi connectivity index (χ1) is 20.5. The van der Waals surface area contributed by atoms with Crippen molar-refractivity contribution in [3.05, 3.63) is 89.0 Å². The number of aromatic nitrogens is 4. The molecule has 42 heavy (non-hydrogen) atoms. The first kappa shape index (κ1) is 26.7. The summed E-state index contributed by atoms with van der Waals surface area (Å²) in [6.07, 6.45) is 3.09. The summed E-state index contributed by atoms with van der Waals surface area (Å²) in [5.41, 5.74) is 3.73. The molecule has 5 aromatic rings. The van der Waals surface area contributed by atoms with Crippen molar-refractivity contribution in [1.82, 2.24) is 19.6 Å². The van der Waals surface area contributed by atoms with Gasteiger partial charge in [-0.2, -0.15) is 0 Å². The van der Waals surface area contributed by atoms with Gasteiger partial charge in [-0.15, -0.1) is 5.10 Å². The van der Waals surface area contributed by atoms with Crippen molar-refractivity contribution in [3.8, 4) is 40.4 Å². The number of methoxy groups -OCH3 is 4. The topological polar surface area (TPSA) is 131 Å². The van der Waals surface area contributed by atoms with E-state index in [-0.39, 0.29) is 18.3 Å². The Morgan fingerprint density at radius 2 is 1.64 bits per heavy atom. The SMILES string of the molecule is COc1ccc(/C=N\OCc2nc3c4c(ncn3n2)Oc2cc(O)ccc2[C@H]4c2ccc(OC)c(OC)c2)cc1OC. The van der Waals surface area contributed by atoms with E-state index < -0.39 is 0 Å². The third-order valence-corrected chi connectivity index (χ3v) is 6.85. The van der Waals surface area contributed by atoms with Gasteiger partial charge in [-0.3, -0.25) is 0 Å². The monoisotopic (exact) mass is 569 g/mol. The van der Waals surface area contributed by atoms with E-state index in [0.717, 1.165) is 16.7 Å². The Labute approximate surface area is 240 Å². The minimum Gasteiger partial charge on any atom is -0.508 e. The maximum Gasteiger partial charge on any atom is 0.228 e. The summed E-state index contributed by atoms with van der Waals surface area (Å²) < 4.78 is 29.3. The molecule has 0 unspecified atom stereocenters. The third-order valence-electron chi connectivity index (χ3n) is 6.85. The molecule has 6 rings (SSSR count). The molecule has 12 heteroatoms. The molecule has 0 radical (unpaired) electrons. The minimum atomic E-state index is -0.360. The highest BCUT2D eigenvalue weighted by molar-refractivity contribution is 5.80. The summed E-state index contributed by atoms with van der Waals surface area (Å²) in [5.74, 6) is 3.36. The quantitative estimate of drug-likeness (QED) is 0.193.